The second kappa shape index (κ2) is 2.21. The van der Waals surface area contributed by atoms with E-state index in [0.29, 0.717) is 12.8 Å². The highest BCUT2D eigenvalue weighted by Gasteiger charge is 2.42. The Labute approximate surface area is 52.7 Å². The van der Waals surface area contributed by atoms with Crippen molar-refractivity contribution in [2.75, 3.05) is 6.61 Å². The first-order valence-corrected chi connectivity index (χ1v) is 3.15. The molecule has 1 nitrogen and oxygen atoms in total. The van der Waals surface area contributed by atoms with Crippen LogP contribution in [0.3, 0.4) is 0 Å². The van der Waals surface area contributed by atoms with Crippen LogP contribution in [0.1, 0.15) is 19.3 Å². The molecule has 0 amide bonds. The second-order valence-electron chi connectivity index (χ2n) is 2.53. The van der Waals surface area contributed by atoms with E-state index >= 15 is 0 Å². The SMILES string of the molecule is OC[C@H]1CCCC1(F)F. The van der Waals surface area contributed by atoms with Crippen molar-refractivity contribution in [3.63, 3.8) is 0 Å². The number of hydrogen-bond donors (Lipinski definition) is 1. The van der Waals surface area contributed by atoms with E-state index in [1.54, 1.807) is 0 Å². The van der Waals surface area contributed by atoms with Crippen LogP contribution in [0.25, 0.3) is 0 Å². The van der Waals surface area contributed by atoms with Crippen molar-refractivity contribution in [3.8, 4) is 0 Å². The Balaban J connectivity index is 2.52. The van der Waals surface area contributed by atoms with Crippen molar-refractivity contribution >= 4 is 0 Å². The fraction of sp³-hybridized carbons (Fsp3) is 1.00. The van der Waals surface area contributed by atoms with Gasteiger partial charge < -0.3 is 5.11 Å². The highest BCUT2D eigenvalue weighted by atomic mass is 19.3. The van der Waals surface area contributed by atoms with Crippen LogP contribution in [-0.2, 0) is 0 Å². The van der Waals surface area contributed by atoms with Gasteiger partial charge in [-0.2, -0.15) is 0 Å². The van der Waals surface area contributed by atoms with Crippen molar-refractivity contribution in [3.05, 3.63) is 0 Å². The van der Waals surface area contributed by atoms with E-state index in [-0.39, 0.29) is 13.0 Å². The lowest BCUT2D eigenvalue weighted by Crippen LogP contribution is -2.24. The fourth-order valence-corrected chi connectivity index (χ4v) is 1.22. The van der Waals surface area contributed by atoms with E-state index in [1.165, 1.54) is 0 Å². The lowest BCUT2D eigenvalue weighted by atomic mass is 10.1. The Hall–Kier alpha value is -0.180. The molecule has 1 fully saturated rings. The molecule has 0 bridgehead atoms. The molecule has 0 saturated heterocycles. The van der Waals surface area contributed by atoms with Gasteiger partial charge in [0.15, 0.2) is 0 Å². The summed E-state index contributed by atoms with van der Waals surface area (Å²) in [6, 6.07) is 0. The van der Waals surface area contributed by atoms with Crippen molar-refractivity contribution in [1.82, 2.24) is 0 Å². The molecule has 0 aromatic rings. The lowest BCUT2D eigenvalue weighted by Gasteiger charge is -2.15. The van der Waals surface area contributed by atoms with E-state index in [2.05, 4.69) is 0 Å². The number of aliphatic hydroxyl groups is 1. The molecule has 0 aromatic carbocycles. The van der Waals surface area contributed by atoms with Crippen molar-refractivity contribution in [1.29, 1.82) is 0 Å². The normalized spacial score (nSPS) is 33.0. The Morgan fingerprint density at radius 2 is 2.22 bits per heavy atom. The first-order valence-electron chi connectivity index (χ1n) is 3.15. The summed E-state index contributed by atoms with van der Waals surface area (Å²) >= 11 is 0. The van der Waals surface area contributed by atoms with E-state index < -0.39 is 11.8 Å². The Kier molecular flexibility index (Phi) is 1.70. The summed E-state index contributed by atoms with van der Waals surface area (Å²) in [5, 5.41) is 8.42. The summed E-state index contributed by atoms with van der Waals surface area (Å²) < 4.78 is 24.9. The highest BCUT2D eigenvalue weighted by Crippen LogP contribution is 2.39. The molecular formula is C6H10F2O. The topological polar surface area (TPSA) is 20.2 Å². The number of rotatable bonds is 1. The first kappa shape index (κ1) is 6.93. The molecule has 0 aliphatic heterocycles. The summed E-state index contributed by atoms with van der Waals surface area (Å²) in [4.78, 5) is 0. The van der Waals surface area contributed by atoms with Gasteiger partial charge in [-0.3, -0.25) is 0 Å². The number of halogens is 2. The standard InChI is InChI=1S/C6H10F2O/c7-6(8)3-1-2-5(6)4-9/h5,9H,1-4H2/t5-/m1/s1. The van der Waals surface area contributed by atoms with Crippen molar-refractivity contribution in [2.24, 2.45) is 5.92 Å². The summed E-state index contributed by atoms with van der Waals surface area (Å²) in [6.07, 6.45) is 0.986. The average molecular weight is 136 g/mol. The van der Waals surface area contributed by atoms with Crippen LogP contribution in [0.15, 0.2) is 0 Å². The molecule has 0 heterocycles. The summed E-state index contributed by atoms with van der Waals surface area (Å²) in [7, 11) is 0. The molecule has 3 heteroatoms. The van der Waals surface area contributed by atoms with Crippen LogP contribution >= 0.6 is 0 Å². The highest BCUT2D eigenvalue weighted by molar-refractivity contribution is 4.83. The van der Waals surface area contributed by atoms with Crippen LogP contribution < -0.4 is 0 Å². The van der Waals surface area contributed by atoms with Crippen molar-refractivity contribution in [2.45, 2.75) is 25.2 Å². The third kappa shape index (κ3) is 1.21. The smallest absolute Gasteiger partial charge is 0.253 e. The molecule has 54 valence electrons. The van der Waals surface area contributed by atoms with Crippen LogP contribution in [0.4, 0.5) is 8.78 Å². The van der Waals surface area contributed by atoms with E-state index in [1.807, 2.05) is 0 Å². The van der Waals surface area contributed by atoms with Gasteiger partial charge in [-0.25, -0.2) is 8.78 Å². The third-order valence-electron chi connectivity index (χ3n) is 1.88. The van der Waals surface area contributed by atoms with E-state index in [4.69, 9.17) is 5.11 Å². The fourth-order valence-electron chi connectivity index (χ4n) is 1.22. The molecule has 0 spiro atoms. The molecule has 1 aliphatic rings. The quantitative estimate of drug-likeness (QED) is 0.578. The Morgan fingerprint density at radius 1 is 1.56 bits per heavy atom. The summed E-state index contributed by atoms with van der Waals surface area (Å²) in [6.45, 7) is -0.368. The molecule has 1 atom stereocenters. The van der Waals surface area contributed by atoms with Gasteiger partial charge in [0.25, 0.3) is 5.92 Å². The average Bonchev–Trinajstić information content (AvgIpc) is 2.08. The molecule has 1 saturated carbocycles. The molecule has 1 rings (SSSR count). The summed E-state index contributed by atoms with van der Waals surface area (Å²) in [5.74, 6) is -3.35. The van der Waals surface area contributed by atoms with Crippen LogP contribution in [0.5, 0.6) is 0 Å². The summed E-state index contributed by atoms with van der Waals surface area (Å²) in [5.41, 5.74) is 0. The van der Waals surface area contributed by atoms with Crippen LogP contribution in [0, 0.1) is 5.92 Å². The third-order valence-corrected chi connectivity index (χ3v) is 1.88. The molecule has 1 N–H and O–H groups in total. The molecule has 0 aromatic heterocycles. The predicted molar refractivity (Wildman–Crippen MR) is 29.4 cm³/mol. The Morgan fingerprint density at radius 3 is 2.44 bits per heavy atom. The van der Waals surface area contributed by atoms with Gasteiger partial charge in [0.2, 0.25) is 0 Å². The maximum Gasteiger partial charge on any atom is 0.253 e. The van der Waals surface area contributed by atoms with E-state index in [0.717, 1.165) is 0 Å². The zero-order valence-electron chi connectivity index (χ0n) is 5.11. The Bertz CT molecular complexity index is 103. The monoisotopic (exact) mass is 136 g/mol. The van der Waals surface area contributed by atoms with Crippen LogP contribution in [-0.4, -0.2) is 17.6 Å². The van der Waals surface area contributed by atoms with Crippen LogP contribution in [0.2, 0.25) is 0 Å². The minimum Gasteiger partial charge on any atom is -0.396 e. The second-order valence-corrected chi connectivity index (χ2v) is 2.53. The van der Waals surface area contributed by atoms with Gasteiger partial charge in [0.05, 0.1) is 6.61 Å². The molecule has 9 heavy (non-hydrogen) atoms. The molecule has 0 unspecified atom stereocenters. The van der Waals surface area contributed by atoms with Gasteiger partial charge >= 0.3 is 0 Å². The predicted octanol–water partition coefficient (Wildman–Crippen LogP) is 1.41. The molecule has 1 aliphatic carbocycles. The minimum absolute atomic E-state index is 0.0434. The van der Waals surface area contributed by atoms with Gasteiger partial charge in [0.1, 0.15) is 0 Å². The lowest BCUT2D eigenvalue weighted by molar-refractivity contribution is -0.0540. The number of aliphatic hydroxyl groups excluding tert-OH is 1. The van der Waals surface area contributed by atoms with Gasteiger partial charge in [0, 0.05) is 12.3 Å². The maximum absolute atomic E-state index is 12.4. The largest absolute Gasteiger partial charge is 0.396 e. The molecular weight excluding hydrogens is 126 g/mol. The number of hydrogen-bond acceptors (Lipinski definition) is 1. The van der Waals surface area contributed by atoms with Gasteiger partial charge in [-0.15, -0.1) is 0 Å². The number of alkyl halides is 2. The van der Waals surface area contributed by atoms with Crippen molar-refractivity contribution < 1.29 is 13.9 Å². The maximum atomic E-state index is 12.4. The van der Waals surface area contributed by atoms with Gasteiger partial charge in [-0.05, 0) is 12.8 Å². The minimum atomic E-state index is -2.59. The first-order chi connectivity index (χ1) is 4.17. The zero-order chi connectivity index (χ0) is 6.91. The van der Waals surface area contributed by atoms with E-state index in [9.17, 15) is 8.78 Å². The zero-order valence-corrected chi connectivity index (χ0v) is 5.11. The molecule has 0 radical (unpaired) electrons. The van der Waals surface area contributed by atoms with Gasteiger partial charge in [-0.1, -0.05) is 0 Å².